The van der Waals surface area contributed by atoms with Gasteiger partial charge in [0.25, 0.3) is 0 Å². The predicted molar refractivity (Wildman–Crippen MR) is 144 cm³/mol. The third kappa shape index (κ3) is 7.57. The lowest BCUT2D eigenvalue weighted by Gasteiger charge is -2.29. The van der Waals surface area contributed by atoms with Crippen LogP contribution in [0.2, 0.25) is 0 Å². The monoisotopic (exact) mass is 487 g/mol. The van der Waals surface area contributed by atoms with Crippen molar-refractivity contribution in [1.82, 2.24) is 9.80 Å². The minimum atomic E-state index is -0.0787. The first-order valence-corrected chi connectivity index (χ1v) is 12.8. The Balaban J connectivity index is 1.43. The van der Waals surface area contributed by atoms with E-state index in [1.54, 1.807) is 0 Å². The number of carbonyl (C=O) groups excluding carboxylic acids is 1. The molecule has 0 aliphatic carbocycles. The molecule has 6 nitrogen and oxygen atoms in total. The predicted octanol–water partition coefficient (Wildman–Crippen LogP) is 5.64. The third-order valence-corrected chi connectivity index (χ3v) is 6.53. The number of carbonyl (C=O) groups is 1. The summed E-state index contributed by atoms with van der Waals surface area (Å²) >= 11 is 0. The number of nitrogens with zero attached hydrogens (tertiary/aromatic N) is 2. The van der Waals surface area contributed by atoms with Crippen molar-refractivity contribution in [2.75, 3.05) is 44.7 Å². The van der Waals surface area contributed by atoms with Gasteiger partial charge in [-0.2, -0.15) is 0 Å². The summed E-state index contributed by atoms with van der Waals surface area (Å²) in [6.07, 6.45) is 0.907. The Morgan fingerprint density at radius 1 is 0.944 bits per heavy atom. The summed E-state index contributed by atoms with van der Waals surface area (Å²) < 4.78 is 11.5. The number of morpholine rings is 1. The highest BCUT2D eigenvalue weighted by Gasteiger charge is 2.18. The van der Waals surface area contributed by atoms with Crippen LogP contribution in [0.3, 0.4) is 0 Å². The molecule has 0 radical (unpaired) electrons. The van der Waals surface area contributed by atoms with Gasteiger partial charge in [0.15, 0.2) is 0 Å². The van der Waals surface area contributed by atoms with Crippen molar-refractivity contribution in [2.24, 2.45) is 0 Å². The van der Waals surface area contributed by atoms with Crippen LogP contribution >= 0.6 is 0 Å². The van der Waals surface area contributed by atoms with Crippen LogP contribution in [0.15, 0.2) is 72.8 Å². The minimum absolute atomic E-state index is 0.0787. The number of nitrogens with one attached hydrogen (secondary N) is 1. The molecule has 1 saturated heterocycles. The van der Waals surface area contributed by atoms with Gasteiger partial charge in [0, 0.05) is 38.4 Å². The highest BCUT2D eigenvalue weighted by molar-refractivity contribution is 5.91. The largest absolute Gasteiger partial charge is 0.489 e. The summed E-state index contributed by atoms with van der Waals surface area (Å²) in [5.74, 6) is 0.805. The summed E-state index contributed by atoms with van der Waals surface area (Å²) in [5.41, 5.74) is 5.19. The highest BCUT2D eigenvalue weighted by Crippen LogP contribution is 2.21. The smallest absolute Gasteiger partial charge is 0.322 e. The van der Waals surface area contributed by atoms with E-state index in [2.05, 4.69) is 28.4 Å². The van der Waals surface area contributed by atoms with E-state index >= 15 is 0 Å². The van der Waals surface area contributed by atoms with Gasteiger partial charge >= 0.3 is 6.03 Å². The maximum Gasteiger partial charge on any atom is 0.322 e. The van der Waals surface area contributed by atoms with E-state index in [1.165, 1.54) is 0 Å². The molecule has 0 spiro atoms. The Morgan fingerprint density at radius 2 is 1.64 bits per heavy atom. The summed E-state index contributed by atoms with van der Waals surface area (Å²) in [7, 11) is 0. The van der Waals surface area contributed by atoms with E-state index in [-0.39, 0.29) is 6.03 Å². The molecule has 1 N–H and O–H groups in total. The summed E-state index contributed by atoms with van der Waals surface area (Å²) in [4.78, 5) is 17.8. The lowest BCUT2D eigenvalue weighted by Crippen LogP contribution is -2.40. The minimum Gasteiger partial charge on any atom is -0.489 e. The highest BCUT2D eigenvalue weighted by atomic mass is 16.5. The van der Waals surface area contributed by atoms with E-state index in [1.807, 2.05) is 73.3 Å². The van der Waals surface area contributed by atoms with Gasteiger partial charge in [-0.05, 0) is 54.7 Å². The van der Waals surface area contributed by atoms with Crippen LogP contribution in [0, 0.1) is 13.8 Å². The van der Waals surface area contributed by atoms with Crippen LogP contribution in [0.25, 0.3) is 0 Å². The Kier molecular flexibility index (Phi) is 9.36. The number of aryl methyl sites for hydroxylation is 2. The molecule has 3 aromatic rings. The molecule has 1 aliphatic rings. The molecule has 36 heavy (non-hydrogen) atoms. The van der Waals surface area contributed by atoms with Crippen LogP contribution in [0.5, 0.6) is 5.75 Å². The van der Waals surface area contributed by atoms with Crippen LogP contribution in [0.1, 0.15) is 28.7 Å². The summed E-state index contributed by atoms with van der Waals surface area (Å²) in [6, 6.07) is 24.2. The van der Waals surface area contributed by atoms with E-state index in [0.29, 0.717) is 19.7 Å². The molecule has 0 atom stereocenters. The number of amides is 2. The van der Waals surface area contributed by atoms with Crippen molar-refractivity contribution >= 4 is 11.7 Å². The van der Waals surface area contributed by atoms with E-state index in [0.717, 1.165) is 73.0 Å². The fourth-order valence-electron chi connectivity index (χ4n) is 4.45. The van der Waals surface area contributed by atoms with Gasteiger partial charge in [-0.3, -0.25) is 4.90 Å². The average molecular weight is 488 g/mol. The number of hydrogen-bond acceptors (Lipinski definition) is 4. The van der Waals surface area contributed by atoms with Crippen LogP contribution in [0.4, 0.5) is 10.5 Å². The first-order valence-electron chi connectivity index (χ1n) is 12.8. The van der Waals surface area contributed by atoms with Crippen molar-refractivity contribution in [3.05, 3.63) is 95.1 Å². The van der Waals surface area contributed by atoms with Crippen molar-refractivity contribution < 1.29 is 14.3 Å². The Morgan fingerprint density at radius 3 is 2.39 bits per heavy atom. The zero-order chi connectivity index (χ0) is 25.2. The fourth-order valence-corrected chi connectivity index (χ4v) is 4.45. The number of hydrogen-bond donors (Lipinski definition) is 1. The Hall–Kier alpha value is -3.35. The SMILES string of the molecule is Cc1cccc(C)c1NC(=O)N(CCCN1CCOCC1)Cc1cccc(OCc2ccccc2)c1. The number of ether oxygens (including phenoxy) is 2. The normalized spacial score (nSPS) is 13.8. The van der Waals surface area contributed by atoms with Crippen LogP contribution in [-0.4, -0.2) is 55.2 Å². The Labute approximate surface area is 214 Å². The van der Waals surface area contributed by atoms with Gasteiger partial charge in [0.05, 0.1) is 13.2 Å². The number of benzene rings is 3. The number of urea groups is 1. The number of anilines is 1. The van der Waals surface area contributed by atoms with Crippen molar-refractivity contribution in [3.63, 3.8) is 0 Å². The zero-order valence-corrected chi connectivity index (χ0v) is 21.4. The van der Waals surface area contributed by atoms with Gasteiger partial charge in [-0.1, -0.05) is 60.7 Å². The van der Waals surface area contributed by atoms with Crippen molar-refractivity contribution in [2.45, 2.75) is 33.4 Å². The van der Waals surface area contributed by atoms with Gasteiger partial charge in [0.1, 0.15) is 12.4 Å². The maximum absolute atomic E-state index is 13.4. The molecule has 0 aromatic heterocycles. The fraction of sp³-hybridized carbons (Fsp3) is 0.367. The molecular formula is C30H37N3O3. The third-order valence-electron chi connectivity index (χ3n) is 6.53. The first-order chi connectivity index (χ1) is 17.6. The van der Waals surface area contributed by atoms with Gasteiger partial charge in [-0.25, -0.2) is 4.79 Å². The van der Waals surface area contributed by atoms with E-state index in [4.69, 9.17) is 9.47 Å². The molecular weight excluding hydrogens is 450 g/mol. The average Bonchev–Trinajstić information content (AvgIpc) is 2.90. The number of para-hydroxylation sites is 1. The first kappa shape index (κ1) is 25.7. The molecule has 4 rings (SSSR count). The molecule has 190 valence electrons. The molecule has 1 heterocycles. The Bertz CT molecular complexity index is 1090. The molecule has 0 bridgehead atoms. The second-order valence-corrected chi connectivity index (χ2v) is 9.35. The lowest BCUT2D eigenvalue weighted by atomic mass is 10.1. The maximum atomic E-state index is 13.4. The number of rotatable bonds is 10. The quantitative estimate of drug-likeness (QED) is 0.402. The standard InChI is InChI=1S/C30H37N3O3/c1-24-9-6-10-25(2)29(24)31-30(34)33(16-8-15-32-17-19-35-20-18-32)22-27-13-7-14-28(21-27)36-23-26-11-4-3-5-12-26/h3-7,9-14,21H,8,15-20,22-23H2,1-2H3,(H,31,34). The second-order valence-electron chi connectivity index (χ2n) is 9.35. The summed E-state index contributed by atoms with van der Waals surface area (Å²) in [6.45, 7) is 10.2. The molecule has 1 fully saturated rings. The van der Waals surface area contributed by atoms with E-state index in [9.17, 15) is 4.79 Å². The summed E-state index contributed by atoms with van der Waals surface area (Å²) in [5, 5.41) is 3.17. The second kappa shape index (κ2) is 13.1. The van der Waals surface area contributed by atoms with Crippen molar-refractivity contribution in [1.29, 1.82) is 0 Å². The van der Waals surface area contributed by atoms with E-state index < -0.39 is 0 Å². The van der Waals surface area contributed by atoms with Gasteiger partial charge < -0.3 is 19.7 Å². The zero-order valence-electron chi connectivity index (χ0n) is 21.4. The van der Waals surface area contributed by atoms with Crippen LogP contribution < -0.4 is 10.1 Å². The lowest BCUT2D eigenvalue weighted by molar-refractivity contribution is 0.0365. The topological polar surface area (TPSA) is 54.0 Å². The van der Waals surface area contributed by atoms with Gasteiger partial charge in [-0.15, -0.1) is 0 Å². The molecule has 0 saturated carbocycles. The molecule has 6 heteroatoms. The van der Waals surface area contributed by atoms with Crippen molar-refractivity contribution in [3.8, 4) is 5.75 Å². The molecule has 0 unspecified atom stereocenters. The van der Waals surface area contributed by atoms with Crippen LogP contribution in [-0.2, 0) is 17.9 Å². The molecule has 1 aliphatic heterocycles. The van der Waals surface area contributed by atoms with Gasteiger partial charge in [0.2, 0.25) is 0 Å². The molecule has 2 amide bonds. The molecule has 3 aromatic carbocycles.